The number of nitrogens with zero attached hydrogens (tertiary/aromatic N) is 4. The lowest BCUT2D eigenvalue weighted by molar-refractivity contribution is 0.271. The Hall–Kier alpha value is -3.01. The summed E-state index contributed by atoms with van der Waals surface area (Å²) in [5.74, 6) is 1.00. The van der Waals surface area contributed by atoms with Gasteiger partial charge in [0.25, 0.3) is 0 Å². The van der Waals surface area contributed by atoms with Crippen molar-refractivity contribution in [2.45, 2.75) is 6.92 Å². The molecule has 34 heavy (non-hydrogen) atoms. The molecule has 0 radical (unpaired) electrons. The van der Waals surface area contributed by atoms with Gasteiger partial charge in [-0.25, -0.2) is 4.98 Å². The summed E-state index contributed by atoms with van der Waals surface area (Å²) in [4.78, 5) is 14.3. The van der Waals surface area contributed by atoms with Gasteiger partial charge in [-0.1, -0.05) is 37.1 Å². The van der Waals surface area contributed by atoms with Gasteiger partial charge in [0.15, 0.2) is 0 Å². The summed E-state index contributed by atoms with van der Waals surface area (Å²) in [5, 5.41) is 5.49. The van der Waals surface area contributed by atoms with Gasteiger partial charge in [-0.3, -0.25) is 0 Å². The first-order chi connectivity index (χ1) is 16.6. The minimum absolute atomic E-state index is 0.494. The topological polar surface area (TPSA) is 82.3 Å². The molecule has 9 heteroatoms. The maximum atomic E-state index is 6.34. The van der Waals surface area contributed by atoms with Crippen molar-refractivity contribution >= 4 is 62.3 Å². The van der Waals surface area contributed by atoms with E-state index in [1.165, 1.54) is 5.69 Å². The first-order valence-electron chi connectivity index (χ1n) is 11.4. The third-order valence-electron chi connectivity index (χ3n) is 6.12. The molecule has 4 aromatic rings. The molecule has 2 aromatic heterocycles. The van der Waals surface area contributed by atoms with Gasteiger partial charge in [0.05, 0.1) is 10.2 Å². The number of aromatic nitrogens is 2. The number of rotatable bonds is 7. The van der Waals surface area contributed by atoms with Crippen LogP contribution in [0.3, 0.4) is 0 Å². The summed E-state index contributed by atoms with van der Waals surface area (Å²) < 4.78 is 4.20. The Labute approximate surface area is 208 Å². The molecular weight excluding hydrogens is 462 g/mol. The van der Waals surface area contributed by atoms with Crippen LogP contribution in [0.4, 0.5) is 28.8 Å². The highest BCUT2D eigenvalue weighted by molar-refractivity contribution is 7.99. The second-order valence-corrected chi connectivity index (χ2v) is 9.74. The summed E-state index contributed by atoms with van der Waals surface area (Å²) in [5.41, 5.74) is 12.6. The highest BCUT2D eigenvalue weighted by atomic mass is 32.2. The number of fused-ring (bicyclic) bond motifs is 1. The molecule has 176 valence electrons. The number of likely N-dealkylation sites (N-methyl/N-ethyl adjacent to an activating group) is 1. The third-order valence-corrected chi connectivity index (χ3v) is 7.55. The minimum atomic E-state index is 0.494. The van der Waals surface area contributed by atoms with Crippen molar-refractivity contribution in [3.8, 4) is 11.1 Å². The van der Waals surface area contributed by atoms with Crippen molar-refractivity contribution in [2.24, 2.45) is 0 Å². The fourth-order valence-corrected chi connectivity index (χ4v) is 5.58. The smallest absolute Gasteiger partial charge is 0.229 e. The molecule has 7 nitrogen and oxygen atoms in total. The van der Waals surface area contributed by atoms with Crippen LogP contribution in [0, 0.1) is 0 Å². The molecule has 5 rings (SSSR count). The fraction of sp³-hybridized carbons (Fsp3) is 0.280. The molecule has 0 atom stereocenters. The number of thiophene rings is 1. The maximum absolute atomic E-state index is 6.34. The van der Waals surface area contributed by atoms with Crippen molar-refractivity contribution in [3.63, 3.8) is 0 Å². The Morgan fingerprint density at radius 3 is 2.62 bits per heavy atom. The van der Waals surface area contributed by atoms with Crippen LogP contribution in [0.2, 0.25) is 0 Å². The first kappa shape index (κ1) is 22.8. The SMILES string of the molecule is CCN1CCN(c2cccc(Nc3nc(N)c4scc(-c5cccc(NSC)c5)c4n3)c2)CC1. The second kappa shape index (κ2) is 10.1. The van der Waals surface area contributed by atoms with Gasteiger partial charge in [-0.2, -0.15) is 4.98 Å². The summed E-state index contributed by atoms with van der Waals surface area (Å²) >= 11 is 3.15. The van der Waals surface area contributed by atoms with Crippen LogP contribution in [-0.4, -0.2) is 53.8 Å². The Morgan fingerprint density at radius 1 is 1.03 bits per heavy atom. The van der Waals surface area contributed by atoms with E-state index in [0.29, 0.717) is 11.8 Å². The Kier molecular flexibility index (Phi) is 6.75. The van der Waals surface area contributed by atoms with Crippen molar-refractivity contribution in [2.75, 3.05) is 59.7 Å². The van der Waals surface area contributed by atoms with Gasteiger partial charge < -0.3 is 25.6 Å². The van der Waals surface area contributed by atoms with Gasteiger partial charge >= 0.3 is 0 Å². The standard InChI is InChI=1S/C25H29N7S2/c1-3-31-10-12-32(13-11-31)20-9-5-7-18(15-20)27-25-28-22-21(16-34-23(22)24(26)29-25)17-6-4-8-19(14-17)30-33-2/h4-9,14-16,30H,3,10-13H2,1-2H3,(H3,26,27,28,29). The number of piperazine rings is 1. The number of hydrogen-bond acceptors (Lipinski definition) is 9. The molecule has 3 heterocycles. The number of nitrogens with one attached hydrogen (secondary N) is 2. The summed E-state index contributed by atoms with van der Waals surface area (Å²) in [7, 11) is 0. The van der Waals surface area contributed by atoms with E-state index >= 15 is 0 Å². The lowest BCUT2D eigenvalue weighted by Gasteiger charge is -2.35. The Morgan fingerprint density at radius 2 is 1.82 bits per heavy atom. The highest BCUT2D eigenvalue weighted by Crippen LogP contribution is 2.37. The molecule has 0 amide bonds. The van der Waals surface area contributed by atoms with Gasteiger partial charge in [0.2, 0.25) is 5.95 Å². The zero-order chi connectivity index (χ0) is 23.5. The molecule has 0 unspecified atom stereocenters. The molecule has 1 saturated heterocycles. The van der Waals surface area contributed by atoms with Crippen LogP contribution < -0.4 is 20.7 Å². The number of benzene rings is 2. The van der Waals surface area contributed by atoms with E-state index in [-0.39, 0.29) is 0 Å². The van der Waals surface area contributed by atoms with Gasteiger partial charge in [0.1, 0.15) is 5.82 Å². The molecule has 1 aliphatic rings. The van der Waals surface area contributed by atoms with Crippen LogP contribution in [0.15, 0.2) is 53.9 Å². The fourth-order valence-electron chi connectivity index (χ4n) is 4.30. The number of hydrogen-bond donors (Lipinski definition) is 3. The number of nitrogens with two attached hydrogens (primary N) is 1. The lowest BCUT2D eigenvalue weighted by atomic mass is 10.1. The van der Waals surface area contributed by atoms with Crippen molar-refractivity contribution in [1.29, 1.82) is 0 Å². The largest absolute Gasteiger partial charge is 0.382 e. The lowest BCUT2D eigenvalue weighted by Crippen LogP contribution is -2.46. The zero-order valence-electron chi connectivity index (χ0n) is 19.4. The van der Waals surface area contributed by atoms with E-state index in [4.69, 9.17) is 10.7 Å². The average Bonchev–Trinajstić information content (AvgIpc) is 3.29. The van der Waals surface area contributed by atoms with E-state index in [9.17, 15) is 0 Å². The predicted molar refractivity (Wildman–Crippen MR) is 148 cm³/mol. The van der Waals surface area contributed by atoms with Gasteiger partial charge in [-0.15, -0.1) is 11.3 Å². The van der Waals surface area contributed by atoms with E-state index in [0.717, 1.165) is 65.4 Å². The quantitative estimate of drug-likeness (QED) is 0.292. The zero-order valence-corrected chi connectivity index (χ0v) is 21.0. The monoisotopic (exact) mass is 491 g/mol. The van der Waals surface area contributed by atoms with Crippen LogP contribution in [0.25, 0.3) is 21.3 Å². The molecular formula is C25H29N7S2. The van der Waals surface area contributed by atoms with Crippen LogP contribution in [-0.2, 0) is 0 Å². The van der Waals surface area contributed by atoms with Crippen LogP contribution in [0.5, 0.6) is 0 Å². The first-order valence-corrected chi connectivity index (χ1v) is 13.5. The molecule has 1 fully saturated rings. The molecule has 2 aromatic carbocycles. The second-order valence-electron chi connectivity index (χ2n) is 8.24. The van der Waals surface area contributed by atoms with Crippen LogP contribution >= 0.6 is 23.3 Å². The molecule has 0 bridgehead atoms. The highest BCUT2D eigenvalue weighted by Gasteiger charge is 2.17. The average molecular weight is 492 g/mol. The van der Waals surface area contributed by atoms with E-state index in [1.807, 2.05) is 18.4 Å². The predicted octanol–water partition coefficient (Wildman–Crippen LogP) is 5.52. The van der Waals surface area contributed by atoms with Crippen molar-refractivity contribution in [3.05, 3.63) is 53.9 Å². The normalized spacial score (nSPS) is 14.5. The van der Waals surface area contributed by atoms with Gasteiger partial charge in [-0.05, 0) is 42.4 Å². The molecule has 0 aliphatic carbocycles. The molecule has 0 spiro atoms. The molecule has 0 saturated carbocycles. The number of anilines is 5. The van der Waals surface area contributed by atoms with Gasteiger partial charge in [0, 0.05) is 60.4 Å². The summed E-state index contributed by atoms with van der Waals surface area (Å²) in [6.45, 7) is 7.60. The Balaban J connectivity index is 1.42. The maximum Gasteiger partial charge on any atom is 0.229 e. The van der Waals surface area contributed by atoms with Crippen molar-refractivity contribution in [1.82, 2.24) is 14.9 Å². The third kappa shape index (κ3) is 4.77. The van der Waals surface area contributed by atoms with E-state index < -0.39 is 0 Å². The van der Waals surface area contributed by atoms with Crippen LogP contribution in [0.1, 0.15) is 6.92 Å². The minimum Gasteiger partial charge on any atom is -0.382 e. The van der Waals surface area contributed by atoms with Crippen molar-refractivity contribution < 1.29 is 0 Å². The summed E-state index contributed by atoms with van der Waals surface area (Å²) in [6.07, 6.45) is 2.01. The summed E-state index contributed by atoms with van der Waals surface area (Å²) in [6, 6.07) is 16.8. The van der Waals surface area contributed by atoms with E-state index in [1.54, 1.807) is 23.3 Å². The van der Waals surface area contributed by atoms with E-state index in [2.05, 4.69) is 73.5 Å². The Bertz CT molecular complexity index is 1280. The molecule has 1 aliphatic heterocycles. The number of nitrogen functional groups attached to an aromatic ring is 1. The molecule has 4 N–H and O–H groups in total.